The summed E-state index contributed by atoms with van der Waals surface area (Å²) in [4.78, 5) is 16.6. The number of nitrogens with zero attached hydrogens (tertiary/aromatic N) is 2. The van der Waals surface area contributed by atoms with Crippen molar-refractivity contribution in [2.45, 2.75) is 33.1 Å². The molecule has 2 aromatic carbocycles. The van der Waals surface area contributed by atoms with E-state index < -0.39 is 0 Å². The number of carbonyl (C=O) groups is 1. The Morgan fingerprint density at radius 1 is 1.19 bits per heavy atom. The summed E-state index contributed by atoms with van der Waals surface area (Å²) in [6, 6.07) is 13.3. The van der Waals surface area contributed by atoms with Crippen molar-refractivity contribution in [1.82, 2.24) is 10.1 Å². The van der Waals surface area contributed by atoms with Gasteiger partial charge in [0.25, 0.3) is 0 Å². The van der Waals surface area contributed by atoms with Gasteiger partial charge in [0.2, 0.25) is 17.6 Å². The summed E-state index contributed by atoms with van der Waals surface area (Å²) >= 11 is 6.14. The summed E-state index contributed by atoms with van der Waals surface area (Å²) in [5.41, 5.74) is 3.78. The van der Waals surface area contributed by atoms with Gasteiger partial charge in [0, 0.05) is 24.1 Å². The zero-order chi connectivity index (χ0) is 18.5. The molecular weight excluding hydrogens is 350 g/mol. The van der Waals surface area contributed by atoms with Gasteiger partial charge in [-0.15, -0.1) is 0 Å². The number of para-hydroxylation sites is 1. The van der Waals surface area contributed by atoms with Gasteiger partial charge in [-0.25, -0.2) is 0 Å². The van der Waals surface area contributed by atoms with Crippen molar-refractivity contribution < 1.29 is 9.32 Å². The van der Waals surface area contributed by atoms with Crippen LogP contribution in [-0.2, 0) is 17.6 Å². The summed E-state index contributed by atoms with van der Waals surface area (Å²) in [7, 11) is 0. The van der Waals surface area contributed by atoms with Crippen LogP contribution < -0.4 is 5.32 Å². The van der Waals surface area contributed by atoms with Gasteiger partial charge in [-0.2, -0.15) is 4.98 Å². The molecule has 0 radical (unpaired) electrons. The van der Waals surface area contributed by atoms with Gasteiger partial charge >= 0.3 is 0 Å². The molecule has 1 amide bonds. The molecule has 1 heterocycles. The quantitative estimate of drug-likeness (QED) is 0.675. The Bertz CT molecular complexity index is 921. The van der Waals surface area contributed by atoms with E-state index in [1.54, 1.807) is 6.07 Å². The Kier molecular flexibility index (Phi) is 5.68. The first-order valence-electron chi connectivity index (χ1n) is 8.54. The maximum atomic E-state index is 12.3. The number of rotatable bonds is 6. The van der Waals surface area contributed by atoms with Crippen LogP contribution in [0.4, 0.5) is 5.69 Å². The highest BCUT2D eigenvalue weighted by Crippen LogP contribution is 2.25. The van der Waals surface area contributed by atoms with E-state index in [0.29, 0.717) is 28.7 Å². The summed E-state index contributed by atoms with van der Waals surface area (Å²) in [6.45, 7) is 4.06. The normalized spacial score (nSPS) is 10.7. The Hall–Kier alpha value is -2.66. The second kappa shape index (κ2) is 8.15. The van der Waals surface area contributed by atoms with Crippen molar-refractivity contribution in [3.8, 4) is 11.4 Å². The largest absolute Gasteiger partial charge is 0.339 e. The number of amides is 1. The van der Waals surface area contributed by atoms with E-state index >= 15 is 0 Å². The predicted octanol–water partition coefficient (Wildman–Crippen LogP) is 4.83. The van der Waals surface area contributed by atoms with E-state index in [1.165, 1.54) is 0 Å². The van der Waals surface area contributed by atoms with Gasteiger partial charge in [0.05, 0.1) is 5.02 Å². The number of anilines is 1. The van der Waals surface area contributed by atoms with Crippen molar-refractivity contribution in [2.75, 3.05) is 5.32 Å². The molecule has 0 aliphatic rings. The molecule has 0 aliphatic carbocycles. The number of nitrogens with one attached hydrogen (secondary N) is 1. The molecule has 0 saturated carbocycles. The third-order valence-electron chi connectivity index (χ3n) is 4.15. The highest BCUT2D eigenvalue weighted by molar-refractivity contribution is 6.33. The first kappa shape index (κ1) is 18.1. The molecule has 0 aliphatic heterocycles. The van der Waals surface area contributed by atoms with Gasteiger partial charge in [-0.1, -0.05) is 54.0 Å². The van der Waals surface area contributed by atoms with Crippen molar-refractivity contribution >= 4 is 23.2 Å². The monoisotopic (exact) mass is 369 g/mol. The van der Waals surface area contributed by atoms with E-state index in [-0.39, 0.29) is 12.3 Å². The van der Waals surface area contributed by atoms with E-state index in [9.17, 15) is 4.79 Å². The zero-order valence-corrected chi connectivity index (χ0v) is 15.5. The van der Waals surface area contributed by atoms with Crippen LogP contribution in [0.1, 0.15) is 30.4 Å². The van der Waals surface area contributed by atoms with E-state index in [1.807, 2.05) is 43.3 Å². The SMILES string of the molecule is CCc1cccc(C)c1NC(=O)CCc1nc(-c2ccccc2Cl)no1. The van der Waals surface area contributed by atoms with Crippen LogP contribution in [0.2, 0.25) is 5.02 Å². The van der Waals surface area contributed by atoms with Gasteiger partial charge < -0.3 is 9.84 Å². The van der Waals surface area contributed by atoms with E-state index in [0.717, 1.165) is 23.2 Å². The molecule has 1 aromatic heterocycles. The number of hydrogen-bond acceptors (Lipinski definition) is 4. The number of halogens is 1. The predicted molar refractivity (Wildman–Crippen MR) is 102 cm³/mol. The summed E-state index contributed by atoms with van der Waals surface area (Å²) in [5.74, 6) is 0.764. The minimum absolute atomic E-state index is 0.0773. The maximum absolute atomic E-state index is 12.3. The second-order valence-electron chi connectivity index (χ2n) is 6.00. The van der Waals surface area contributed by atoms with Crippen molar-refractivity contribution in [2.24, 2.45) is 0 Å². The van der Waals surface area contributed by atoms with Crippen LogP contribution in [0.25, 0.3) is 11.4 Å². The highest BCUT2D eigenvalue weighted by atomic mass is 35.5. The average Bonchev–Trinajstić information content (AvgIpc) is 3.11. The number of aromatic nitrogens is 2. The van der Waals surface area contributed by atoms with Crippen molar-refractivity contribution in [1.29, 1.82) is 0 Å². The molecule has 0 atom stereocenters. The molecule has 134 valence electrons. The number of benzene rings is 2. The molecule has 5 nitrogen and oxygen atoms in total. The van der Waals surface area contributed by atoms with Gasteiger partial charge in [0.1, 0.15) is 0 Å². The molecule has 6 heteroatoms. The molecule has 0 fully saturated rings. The lowest BCUT2D eigenvalue weighted by Crippen LogP contribution is -2.14. The lowest BCUT2D eigenvalue weighted by atomic mass is 10.1. The summed E-state index contributed by atoms with van der Waals surface area (Å²) < 4.78 is 5.24. The fraction of sp³-hybridized carbons (Fsp3) is 0.250. The number of hydrogen-bond donors (Lipinski definition) is 1. The Morgan fingerprint density at radius 2 is 2.00 bits per heavy atom. The van der Waals surface area contributed by atoms with Crippen molar-refractivity contribution in [3.05, 3.63) is 64.5 Å². The molecule has 3 aromatic rings. The molecule has 0 bridgehead atoms. The van der Waals surface area contributed by atoms with E-state index in [4.69, 9.17) is 16.1 Å². The van der Waals surface area contributed by atoms with Crippen LogP contribution in [0, 0.1) is 6.92 Å². The molecular formula is C20H20ClN3O2. The number of aryl methyl sites for hydroxylation is 3. The smallest absolute Gasteiger partial charge is 0.227 e. The molecule has 0 unspecified atom stereocenters. The van der Waals surface area contributed by atoms with E-state index in [2.05, 4.69) is 22.4 Å². The van der Waals surface area contributed by atoms with Crippen molar-refractivity contribution in [3.63, 3.8) is 0 Å². The first-order chi connectivity index (χ1) is 12.6. The standard InChI is InChI=1S/C20H20ClN3O2/c1-3-14-8-6-7-13(2)19(14)22-17(25)11-12-18-23-20(24-26-18)15-9-4-5-10-16(15)21/h4-10H,3,11-12H2,1-2H3,(H,22,25). The molecule has 26 heavy (non-hydrogen) atoms. The molecule has 0 saturated heterocycles. The molecule has 0 spiro atoms. The third kappa shape index (κ3) is 4.11. The fourth-order valence-electron chi connectivity index (χ4n) is 2.73. The molecule has 1 N–H and O–H groups in total. The Balaban J connectivity index is 1.63. The van der Waals surface area contributed by atoms with Gasteiger partial charge in [0.15, 0.2) is 0 Å². The van der Waals surface area contributed by atoms with Crippen LogP contribution in [0.15, 0.2) is 47.0 Å². The minimum Gasteiger partial charge on any atom is -0.339 e. The van der Waals surface area contributed by atoms with Crippen LogP contribution >= 0.6 is 11.6 Å². The maximum Gasteiger partial charge on any atom is 0.227 e. The fourth-order valence-corrected chi connectivity index (χ4v) is 2.95. The highest BCUT2D eigenvalue weighted by Gasteiger charge is 2.14. The minimum atomic E-state index is -0.0773. The van der Waals surface area contributed by atoms with Crippen LogP contribution in [-0.4, -0.2) is 16.0 Å². The lowest BCUT2D eigenvalue weighted by molar-refractivity contribution is -0.116. The zero-order valence-electron chi connectivity index (χ0n) is 14.8. The van der Waals surface area contributed by atoms with Crippen LogP contribution in [0.5, 0.6) is 0 Å². The Labute approximate surface area is 157 Å². The first-order valence-corrected chi connectivity index (χ1v) is 8.92. The number of carbonyl (C=O) groups excluding carboxylic acids is 1. The lowest BCUT2D eigenvalue weighted by Gasteiger charge is -2.12. The average molecular weight is 370 g/mol. The topological polar surface area (TPSA) is 68.0 Å². The molecule has 3 rings (SSSR count). The van der Waals surface area contributed by atoms with Gasteiger partial charge in [-0.3, -0.25) is 4.79 Å². The van der Waals surface area contributed by atoms with Crippen LogP contribution in [0.3, 0.4) is 0 Å². The third-order valence-corrected chi connectivity index (χ3v) is 4.48. The Morgan fingerprint density at radius 3 is 2.77 bits per heavy atom. The second-order valence-corrected chi connectivity index (χ2v) is 6.41. The van der Waals surface area contributed by atoms with Gasteiger partial charge in [-0.05, 0) is 36.6 Å². The summed E-state index contributed by atoms with van der Waals surface area (Å²) in [5, 5.41) is 7.51. The summed E-state index contributed by atoms with van der Waals surface area (Å²) in [6.07, 6.45) is 1.50.